The number of halogens is 1. The molecule has 28 heavy (non-hydrogen) atoms. The van der Waals surface area contributed by atoms with E-state index in [1.807, 2.05) is 37.3 Å². The third-order valence-electron chi connectivity index (χ3n) is 4.21. The summed E-state index contributed by atoms with van der Waals surface area (Å²) in [5, 5.41) is 3.15. The fourth-order valence-electron chi connectivity index (χ4n) is 2.72. The van der Waals surface area contributed by atoms with Crippen LogP contribution in [0.2, 0.25) is 5.02 Å². The van der Waals surface area contributed by atoms with Crippen molar-refractivity contribution in [3.05, 3.63) is 94.8 Å². The van der Waals surface area contributed by atoms with E-state index in [-0.39, 0.29) is 17.3 Å². The molecule has 2 amide bonds. The Kier molecular flexibility index (Phi) is 6.40. The summed E-state index contributed by atoms with van der Waals surface area (Å²) in [5.41, 5.74) is 1.91. The number of anilines is 1. The number of benzene rings is 2. The van der Waals surface area contributed by atoms with Crippen molar-refractivity contribution in [3.8, 4) is 0 Å². The molecule has 0 saturated carbocycles. The first-order valence-electron chi connectivity index (χ1n) is 8.94. The van der Waals surface area contributed by atoms with E-state index in [4.69, 9.17) is 11.6 Å². The van der Waals surface area contributed by atoms with Gasteiger partial charge in [0.2, 0.25) is 0 Å². The van der Waals surface area contributed by atoms with E-state index in [0.717, 1.165) is 5.56 Å². The lowest BCUT2D eigenvalue weighted by atomic mass is 10.2. The number of carbonyl (C=O) groups is 2. The second kappa shape index (κ2) is 9.15. The molecule has 0 unspecified atom stereocenters. The molecular weight excluding hydrogens is 374 g/mol. The highest BCUT2D eigenvalue weighted by molar-refractivity contribution is 6.33. The molecule has 1 aromatic heterocycles. The minimum absolute atomic E-state index is 0.154. The summed E-state index contributed by atoms with van der Waals surface area (Å²) < 4.78 is 0. The zero-order chi connectivity index (χ0) is 19.9. The van der Waals surface area contributed by atoms with Crippen LogP contribution in [-0.2, 0) is 6.54 Å². The molecule has 0 atom stereocenters. The van der Waals surface area contributed by atoms with Crippen molar-refractivity contribution < 1.29 is 9.59 Å². The van der Waals surface area contributed by atoms with E-state index in [2.05, 4.69) is 10.3 Å². The maximum absolute atomic E-state index is 12.9. The Morgan fingerprint density at radius 3 is 2.32 bits per heavy atom. The fourth-order valence-corrected chi connectivity index (χ4v) is 2.91. The largest absolute Gasteiger partial charge is 0.333 e. The van der Waals surface area contributed by atoms with Crippen LogP contribution in [0.25, 0.3) is 0 Å². The lowest BCUT2D eigenvalue weighted by molar-refractivity contribution is 0.0746. The molecular formula is C22H20ClN3O2. The number of hydrogen-bond donors (Lipinski definition) is 1. The Morgan fingerprint density at radius 2 is 1.61 bits per heavy atom. The highest BCUT2D eigenvalue weighted by Crippen LogP contribution is 2.21. The van der Waals surface area contributed by atoms with E-state index < -0.39 is 5.91 Å². The lowest BCUT2D eigenvalue weighted by Gasteiger charge is -2.20. The van der Waals surface area contributed by atoms with Gasteiger partial charge in [-0.1, -0.05) is 60.1 Å². The lowest BCUT2D eigenvalue weighted by Crippen LogP contribution is -2.31. The van der Waals surface area contributed by atoms with Gasteiger partial charge in [-0.25, -0.2) is 4.98 Å². The smallest absolute Gasteiger partial charge is 0.274 e. The van der Waals surface area contributed by atoms with Crippen LogP contribution in [0, 0.1) is 0 Å². The van der Waals surface area contributed by atoms with E-state index in [1.165, 1.54) is 0 Å². The third-order valence-corrected chi connectivity index (χ3v) is 4.54. The van der Waals surface area contributed by atoms with Gasteiger partial charge in [-0.15, -0.1) is 0 Å². The Bertz CT molecular complexity index is 976. The minimum Gasteiger partial charge on any atom is -0.333 e. The third kappa shape index (κ3) is 4.75. The second-order valence-electron chi connectivity index (χ2n) is 6.15. The number of para-hydroxylation sites is 1. The number of hydrogen-bond acceptors (Lipinski definition) is 3. The first-order chi connectivity index (χ1) is 13.6. The fraction of sp³-hybridized carbons (Fsp3) is 0.136. The molecule has 0 spiro atoms. The number of pyridine rings is 1. The Hall–Kier alpha value is -3.18. The first-order valence-corrected chi connectivity index (χ1v) is 9.32. The average molecular weight is 394 g/mol. The molecule has 0 radical (unpaired) electrons. The van der Waals surface area contributed by atoms with Crippen molar-refractivity contribution in [2.45, 2.75) is 13.5 Å². The number of carbonyl (C=O) groups excluding carboxylic acids is 2. The Balaban J connectivity index is 1.77. The summed E-state index contributed by atoms with van der Waals surface area (Å²) in [5.74, 6) is -0.646. The van der Waals surface area contributed by atoms with Crippen LogP contribution in [-0.4, -0.2) is 28.2 Å². The Morgan fingerprint density at radius 1 is 0.929 bits per heavy atom. The van der Waals surface area contributed by atoms with Crippen LogP contribution in [0.3, 0.4) is 0 Å². The van der Waals surface area contributed by atoms with Crippen molar-refractivity contribution in [3.63, 3.8) is 0 Å². The van der Waals surface area contributed by atoms with Crippen LogP contribution < -0.4 is 5.32 Å². The van der Waals surface area contributed by atoms with Gasteiger partial charge in [0.25, 0.3) is 11.8 Å². The molecule has 1 heterocycles. The van der Waals surface area contributed by atoms with Crippen molar-refractivity contribution in [1.29, 1.82) is 0 Å². The van der Waals surface area contributed by atoms with Crippen molar-refractivity contribution >= 4 is 29.1 Å². The molecule has 3 aromatic rings. The zero-order valence-electron chi connectivity index (χ0n) is 15.4. The van der Waals surface area contributed by atoms with Gasteiger partial charge in [0, 0.05) is 13.1 Å². The summed E-state index contributed by atoms with van der Waals surface area (Å²) in [6, 6.07) is 21.5. The van der Waals surface area contributed by atoms with Gasteiger partial charge in [-0.05, 0) is 36.8 Å². The van der Waals surface area contributed by atoms with Gasteiger partial charge in [0.15, 0.2) is 0 Å². The van der Waals surface area contributed by atoms with Crippen molar-refractivity contribution in [2.24, 2.45) is 0 Å². The van der Waals surface area contributed by atoms with E-state index in [1.54, 1.807) is 47.4 Å². The first kappa shape index (κ1) is 19.6. The molecule has 5 nitrogen and oxygen atoms in total. The van der Waals surface area contributed by atoms with Gasteiger partial charge in [-0.2, -0.15) is 0 Å². The predicted octanol–water partition coefficient (Wildman–Crippen LogP) is 4.65. The molecule has 0 aliphatic rings. The van der Waals surface area contributed by atoms with Crippen LogP contribution in [0.5, 0.6) is 0 Å². The molecule has 0 aliphatic carbocycles. The maximum Gasteiger partial charge on any atom is 0.274 e. The molecule has 1 N–H and O–H groups in total. The zero-order valence-corrected chi connectivity index (χ0v) is 16.2. The standard InChI is InChI=1S/C22H20ClN3O2/c1-2-26(15-16-9-4-3-5-10-16)22(28)20-14-8-13-19(24-20)21(27)25-18-12-7-6-11-17(18)23/h3-14H,2,15H2,1H3,(H,25,27). The molecule has 0 fully saturated rings. The number of nitrogens with zero attached hydrogens (tertiary/aromatic N) is 2. The maximum atomic E-state index is 12.9. The average Bonchev–Trinajstić information content (AvgIpc) is 2.74. The number of nitrogens with one attached hydrogen (secondary N) is 1. The molecule has 0 saturated heterocycles. The Labute approximate surface area is 169 Å². The quantitative estimate of drug-likeness (QED) is 0.663. The van der Waals surface area contributed by atoms with Crippen LogP contribution in [0.4, 0.5) is 5.69 Å². The molecule has 6 heteroatoms. The summed E-state index contributed by atoms with van der Waals surface area (Å²) in [4.78, 5) is 31.3. The monoisotopic (exact) mass is 393 g/mol. The van der Waals surface area contributed by atoms with Gasteiger partial charge >= 0.3 is 0 Å². The number of rotatable bonds is 6. The van der Waals surface area contributed by atoms with Gasteiger partial charge in [-0.3, -0.25) is 9.59 Å². The van der Waals surface area contributed by atoms with Gasteiger partial charge in [0.05, 0.1) is 10.7 Å². The number of amides is 2. The highest BCUT2D eigenvalue weighted by Gasteiger charge is 2.18. The minimum atomic E-state index is -0.422. The predicted molar refractivity (Wildman–Crippen MR) is 110 cm³/mol. The SMILES string of the molecule is CCN(Cc1ccccc1)C(=O)c1cccc(C(=O)Nc2ccccc2Cl)n1. The van der Waals surface area contributed by atoms with Crippen LogP contribution in [0.1, 0.15) is 33.5 Å². The topological polar surface area (TPSA) is 62.3 Å². The summed E-state index contributed by atoms with van der Waals surface area (Å²) >= 11 is 6.08. The molecule has 0 bridgehead atoms. The summed E-state index contributed by atoms with van der Waals surface area (Å²) in [6.45, 7) is 2.92. The van der Waals surface area contributed by atoms with E-state index >= 15 is 0 Å². The highest BCUT2D eigenvalue weighted by atomic mass is 35.5. The summed E-state index contributed by atoms with van der Waals surface area (Å²) in [7, 11) is 0. The van der Waals surface area contributed by atoms with Gasteiger partial charge < -0.3 is 10.2 Å². The van der Waals surface area contributed by atoms with Gasteiger partial charge in [0.1, 0.15) is 11.4 Å². The van der Waals surface area contributed by atoms with Crippen molar-refractivity contribution in [1.82, 2.24) is 9.88 Å². The summed E-state index contributed by atoms with van der Waals surface area (Å²) in [6.07, 6.45) is 0. The molecule has 2 aromatic carbocycles. The normalized spacial score (nSPS) is 10.4. The molecule has 142 valence electrons. The van der Waals surface area contributed by atoms with Crippen molar-refractivity contribution in [2.75, 3.05) is 11.9 Å². The van der Waals surface area contributed by atoms with E-state index in [9.17, 15) is 9.59 Å². The van der Waals surface area contributed by atoms with Crippen LogP contribution in [0.15, 0.2) is 72.8 Å². The molecule has 0 aliphatic heterocycles. The van der Waals surface area contributed by atoms with E-state index in [0.29, 0.717) is 23.8 Å². The number of aromatic nitrogens is 1. The second-order valence-corrected chi connectivity index (χ2v) is 6.55. The molecule has 3 rings (SSSR count). The van der Waals surface area contributed by atoms with Crippen LogP contribution >= 0.6 is 11.6 Å².